The smallest absolute Gasteiger partial charge is 0.0723 e. The predicted molar refractivity (Wildman–Crippen MR) is 68.9 cm³/mol. The molecule has 0 atom stereocenters. The number of nitrogens with one attached hydrogen (secondary N) is 1. The number of aromatic nitrogens is 3. The average molecular weight is 219 g/mol. The van der Waals surface area contributed by atoms with Crippen molar-refractivity contribution in [3.8, 4) is 0 Å². The molecule has 4 rings (SSSR count). The zero-order valence-corrected chi connectivity index (χ0v) is 9.01. The van der Waals surface area contributed by atoms with Crippen LogP contribution >= 0.6 is 0 Å². The number of hydrogen-bond donors (Lipinski definition) is 1. The first-order valence-corrected chi connectivity index (χ1v) is 5.52. The zero-order chi connectivity index (χ0) is 11.2. The number of nitrogens with zero attached hydrogens (tertiary/aromatic N) is 2. The zero-order valence-electron chi connectivity index (χ0n) is 9.01. The summed E-state index contributed by atoms with van der Waals surface area (Å²) in [5, 5.41) is 3.52. The van der Waals surface area contributed by atoms with Gasteiger partial charge in [0.05, 0.1) is 11.0 Å². The first-order chi connectivity index (χ1) is 8.43. The molecule has 0 saturated heterocycles. The number of aromatic amines is 1. The Morgan fingerprint density at radius 3 is 2.88 bits per heavy atom. The lowest BCUT2D eigenvalue weighted by Gasteiger charge is -1.97. The fourth-order valence-electron chi connectivity index (χ4n) is 2.36. The Balaban J connectivity index is 2.34. The van der Waals surface area contributed by atoms with Gasteiger partial charge in [-0.25, -0.2) is 0 Å². The van der Waals surface area contributed by atoms with Crippen LogP contribution in [0.3, 0.4) is 0 Å². The van der Waals surface area contributed by atoms with Crippen molar-refractivity contribution < 1.29 is 0 Å². The lowest BCUT2D eigenvalue weighted by molar-refractivity contribution is 1.36. The Hall–Kier alpha value is -2.42. The Morgan fingerprint density at radius 1 is 0.882 bits per heavy atom. The van der Waals surface area contributed by atoms with E-state index in [0.29, 0.717) is 0 Å². The fraction of sp³-hybridized carbons (Fsp3) is 0. The Kier molecular flexibility index (Phi) is 1.56. The van der Waals surface area contributed by atoms with Crippen LogP contribution in [0.4, 0.5) is 0 Å². The number of H-pyrrole nitrogens is 1. The van der Waals surface area contributed by atoms with E-state index < -0.39 is 0 Å². The molecule has 0 radical (unpaired) electrons. The summed E-state index contributed by atoms with van der Waals surface area (Å²) >= 11 is 0. The van der Waals surface area contributed by atoms with Crippen LogP contribution in [-0.2, 0) is 0 Å². The van der Waals surface area contributed by atoms with E-state index in [1.165, 1.54) is 5.39 Å². The third kappa shape index (κ3) is 1.11. The van der Waals surface area contributed by atoms with Crippen LogP contribution < -0.4 is 0 Å². The van der Waals surface area contributed by atoms with E-state index in [0.717, 1.165) is 27.3 Å². The molecule has 80 valence electrons. The van der Waals surface area contributed by atoms with Gasteiger partial charge >= 0.3 is 0 Å². The minimum atomic E-state index is 1.01. The summed E-state index contributed by atoms with van der Waals surface area (Å²) in [6, 6.07) is 10.2. The lowest BCUT2D eigenvalue weighted by atomic mass is 10.1. The maximum absolute atomic E-state index is 4.37. The van der Waals surface area contributed by atoms with E-state index in [1.54, 1.807) is 6.20 Å². The molecule has 0 aliphatic rings. The summed E-state index contributed by atoms with van der Waals surface area (Å²) in [6.45, 7) is 0. The van der Waals surface area contributed by atoms with Gasteiger partial charge in [0.15, 0.2) is 0 Å². The van der Waals surface area contributed by atoms with E-state index in [-0.39, 0.29) is 0 Å². The van der Waals surface area contributed by atoms with Gasteiger partial charge in [0.2, 0.25) is 0 Å². The monoisotopic (exact) mass is 219 g/mol. The van der Waals surface area contributed by atoms with Gasteiger partial charge in [-0.1, -0.05) is 0 Å². The molecule has 3 heteroatoms. The van der Waals surface area contributed by atoms with Crippen LogP contribution in [0.15, 0.2) is 48.9 Å². The normalized spacial score (nSPS) is 11.5. The highest BCUT2D eigenvalue weighted by Gasteiger charge is 2.07. The second-order valence-electron chi connectivity index (χ2n) is 4.10. The maximum Gasteiger partial charge on any atom is 0.0723 e. The summed E-state index contributed by atoms with van der Waals surface area (Å²) in [5.41, 5.74) is 3.27. The highest BCUT2D eigenvalue weighted by atomic mass is 14.7. The minimum Gasteiger partial charge on any atom is -0.354 e. The van der Waals surface area contributed by atoms with Crippen LogP contribution in [0.5, 0.6) is 0 Å². The van der Waals surface area contributed by atoms with Crippen molar-refractivity contribution in [2.45, 2.75) is 0 Å². The number of rotatable bonds is 0. The minimum absolute atomic E-state index is 1.01. The van der Waals surface area contributed by atoms with Gasteiger partial charge in [-0.3, -0.25) is 9.97 Å². The number of pyridine rings is 2. The molecule has 3 nitrogen and oxygen atoms in total. The Labute approximate surface area is 97.1 Å². The largest absolute Gasteiger partial charge is 0.354 e. The lowest BCUT2D eigenvalue weighted by Crippen LogP contribution is -1.78. The quantitative estimate of drug-likeness (QED) is 0.493. The van der Waals surface area contributed by atoms with Crippen LogP contribution in [-0.4, -0.2) is 15.0 Å². The van der Waals surface area contributed by atoms with Crippen molar-refractivity contribution in [1.82, 2.24) is 15.0 Å². The first-order valence-electron chi connectivity index (χ1n) is 5.52. The number of fused-ring (bicyclic) bond motifs is 5. The van der Waals surface area contributed by atoms with Gasteiger partial charge in [0, 0.05) is 40.3 Å². The molecule has 0 spiro atoms. The van der Waals surface area contributed by atoms with E-state index >= 15 is 0 Å². The van der Waals surface area contributed by atoms with Crippen LogP contribution in [0.25, 0.3) is 32.7 Å². The van der Waals surface area contributed by atoms with Crippen molar-refractivity contribution in [2.24, 2.45) is 0 Å². The molecule has 3 aromatic heterocycles. The molecule has 0 aliphatic carbocycles. The van der Waals surface area contributed by atoms with Crippen molar-refractivity contribution in [3.05, 3.63) is 48.9 Å². The van der Waals surface area contributed by atoms with E-state index in [1.807, 2.05) is 24.5 Å². The molecule has 1 N–H and O–H groups in total. The van der Waals surface area contributed by atoms with Gasteiger partial charge < -0.3 is 4.98 Å². The van der Waals surface area contributed by atoms with Crippen molar-refractivity contribution >= 4 is 32.7 Å². The van der Waals surface area contributed by atoms with Crippen molar-refractivity contribution in [2.75, 3.05) is 0 Å². The van der Waals surface area contributed by atoms with Crippen LogP contribution in [0.1, 0.15) is 0 Å². The molecule has 3 heterocycles. The molecule has 17 heavy (non-hydrogen) atoms. The molecular weight excluding hydrogens is 210 g/mol. The molecule has 0 amide bonds. The van der Waals surface area contributed by atoms with E-state index in [9.17, 15) is 0 Å². The fourth-order valence-corrected chi connectivity index (χ4v) is 2.36. The third-order valence-corrected chi connectivity index (χ3v) is 3.16. The molecule has 1 aromatic carbocycles. The van der Waals surface area contributed by atoms with Crippen molar-refractivity contribution in [1.29, 1.82) is 0 Å². The molecular formula is C14H9N3. The summed E-state index contributed by atoms with van der Waals surface area (Å²) in [5.74, 6) is 0. The van der Waals surface area contributed by atoms with Crippen molar-refractivity contribution in [3.63, 3.8) is 0 Å². The van der Waals surface area contributed by atoms with E-state index in [2.05, 4.69) is 33.2 Å². The van der Waals surface area contributed by atoms with Gasteiger partial charge in [-0.15, -0.1) is 0 Å². The first kappa shape index (κ1) is 8.70. The molecule has 0 aliphatic heterocycles. The molecule has 0 fully saturated rings. The van der Waals surface area contributed by atoms with Gasteiger partial charge in [-0.05, 0) is 30.3 Å². The molecule has 0 unspecified atom stereocenters. The molecule has 0 saturated carbocycles. The number of hydrogen-bond acceptors (Lipinski definition) is 2. The second-order valence-corrected chi connectivity index (χ2v) is 4.10. The van der Waals surface area contributed by atoms with E-state index in [4.69, 9.17) is 0 Å². The van der Waals surface area contributed by atoms with Crippen LogP contribution in [0.2, 0.25) is 0 Å². The average Bonchev–Trinajstić information content (AvgIpc) is 2.78. The molecule has 0 bridgehead atoms. The van der Waals surface area contributed by atoms with Crippen LogP contribution in [0, 0.1) is 0 Å². The standard InChI is InChI=1S/C14H9N3/c1-2-10-12(16-6-1)4-3-9-11-8-15-7-5-13(11)17-14(9)10/h1-8,17H. The summed E-state index contributed by atoms with van der Waals surface area (Å²) < 4.78 is 0. The van der Waals surface area contributed by atoms with Gasteiger partial charge in [-0.2, -0.15) is 0 Å². The Morgan fingerprint density at radius 2 is 1.88 bits per heavy atom. The highest BCUT2D eigenvalue weighted by Crippen LogP contribution is 2.29. The summed E-state index contributed by atoms with van der Waals surface area (Å²) in [7, 11) is 0. The SMILES string of the molecule is c1cnc2ccc3c4cnccc4[nH]c3c2c1. The number of benzene rings is 1. The van der Waals surface area contributed by atoms with Gasteiger partial charge in [0.25, 0.3) is 0 Å². The maximum atomic E-state index is 4.37. The highest BCUT2D eigenvalue weighted by molar-refractivity contribution is 6.15. The second kappa shape index (κ2) is 3.04. The Bertz CT molecular complexity index is 846. The predicted octanol–water partition coefficient (Wildman–Crippen LogP) is 3.26. The third-order valence-electron chi connectivity index (χ3n) is 3.16. The summed E-state index contributed by atoms with van der Waals surface area (Å²) in [6.07, 6.45) is 5.52. The van der Waals surface area contributed by atoms with Gasteiger partial charge in [0.1, 0.15) is 0 Å². The topological polar surface area (TPSA) is 41.6 Å². The molecule has 4 aromatic rings. The summed E-state index contributed by atoms with van der Waals surface area (Å²) in [4.78, 5) is 12.0.